The molecule has 6 heteroatoms. The van der Waals surface area contributed by atoms with E-state index in [1.807, 2.05) is 31.2 Å². The highest BCUT2D eigenvalue weighted by Gasteiger charge is 2.23. The fourth-order valence-electron chi connectivity index (χ4n) is 2.47. The van der Waals surface area contributed by atoms with Gasteiger partial charge in [-0.2, -0.15) is 0 Å². The van der Waals surface area contributed by atoms with Gasteiger partial charge in [0.1, 0.15) is 5.75 Å². The number of rotatable bonds is 6. The molecule has 22 heavy (non-hydrogen) atoms. The van der Waals surface area contributed by atoms with Gasteiger partial charge in [0.05, 0.1) is 24.4 Å². The van der Waals surface area contributed by atoms with Gasteiger partial charge in [-0.3, -0.25) is 0 Å². The molecule has 2 aromatic rings. The first kappa shape index (κ1) is 15.4. The third-order valence-electron chi connectivity index (χ3n) is 3.54. The van der Waals surface area contributed by atoms with E-state index in [4.69, 9.17) is 13.9 Å². The molecule has 0 N–H and O–H groups in total. The summed E-state index contributed by atoms with van der Waals surface area (Å²) < 4.78 is 17.1. The van der Waals surface area contributed by atoms with E-state index in [0.717, 1.165) is 29.9 Å². The Morgan fingerprint density at radius 3 is 2.91 bits per heavy atom. The minimum atomic E-state index is 0.283. The van der Waals surface area contributed by atoms with Crippen LogP contribution in [-0.4, -0.2) is 34.8 Å². The molecule has 0 amide bonds. The predicted molar refractivity (Wildman–Crippen MR) is 85.2 cm³/mol. The largest absolute Gasteiger partial charge is 0.493 e. The lowest BCUT2D eigenvalue weighted by Crippen LogP contribution is -2.10. The molecule has 1 aliphatic heterocycles. The van der Waals surface area contributed by atoms with Crippen LogP contribution in [0.3, 0.4) is 0 Å². The first-order valence-corrected chi connectivity index (χ1v) is 8.58. The normalized spacial score (nSPS) is 21.2. The third-order valence-corrected chi connectivity index (χ3v) is 4.49. The van der Waals surface area contributed by atoms with Gasteiger partial charge >= 0.3 is 0 Å². The van der Waals surface area contributed by atoms with Crippen molar-refractivity contribution in [3.8, 4) is 17.2 Å². The molecule has 2 heterocycles. The molecular weight excluding hydrogens is 300 g/mol. The summed E-state index contributed by atoms with van der Waals surface area (Å²) in [5, 5.41) is 8.81. The number of hydrogen-bond donors (Lipinski definition) is 0. The minimum Gasteiger partial charge on any atom is -0.493 e. The van der Waals surface area contributed by atoms with Crippen LogP contribution in [0, 0.1) is 0 Å². The fraction of sp³-hybridized carbons (Fsp3) is 0.500. The number of ether oxygens (including phenoxy) is 2. The molecule has 0 unspecified atom stereocenters. The molecule has 118 valence electrons. The second-order valence-electron chi connectivity index (χ2n) is 5.26. The van der Waals surface area contributed by atoms with Gasteiger partial charge in [-0.25, -0.2) is 0 Å². The average Bonchev–Trinajstić information content (AvgIpc) is 3.15. The van der Waals surface area contributed by atoms with Crippen molar-refractivity contribution < 1.29 is 13.9 Å². The molecule has 1 aromatic heterocycles. The highest BCUT2D eigenvalue weighted by Crippen LogP contribution is 2.31. The Bertz CT molecular complexity index is 617. The monoisotopic (exact) mass is 320 g/mol. The van der Waals surface area contributed by atoms with Gasteiger partial charge in [-0.05, 0) is 38.8 Å². The van der Waals surface area contributed by atoms with Gasteiger partial charge < -0.3 is 13.9 Å². The van der Waals surface area contributed by atoms with Crippen molar-refractivity contribution in [2.24, 2.45) is 0 Å². The van der Waals surface area contributed by atoms with E-state index in [1.54, 1.807) is 11.8 Å². The van der Waals surface area contributed by atoms with Crippen molar-refractivity contribution >= 4 is 11.8 Å². The summed E-state index contributed by atoms with van der Waals surface area (Å²) in [6.45, 7) is 4.67. The van der Waals surface area contributed by atoms with Crippen molar-refractivity contribution in [1.29, 1.82) is 0 Å². The summed E-state index contributed by atoms with van der Waals surface area (Å²) in [5.74, 6) is 2.10. The van der Waals surface area contributed by atoms with Crippen LogP contribution in [-0.2, 0) is 4.74 Å². The summed E-state index contributed by atoms with van der Waals surface area (Å²) >= 11 is 1.55. The highest BCUT2D eigenvalue weighted by atomic mass is 32.2. The Labute approximate surface area is 134 Å². The Hall–Kier alpha value is -1.53. The molecule has 3 rings (SSSR count). The van der Waals surface area contributed by atoms with Crippen molar-refractivity contribution in [3.63, 3.8) is 0 Å². The second-order valence-corrected chi connectivity index (χ2v) is 6.23. The molecule has 1 aromatic carbocycles. The summed E-state index contributed by atoms with van der Waals surface area (Å²) in [7, 11) is 0. The van der Waals surface area contributed by atoms with Crippen LogP contribution >= 0.6 is 11.8 Å². The summed E-state index contributed by atoms with van der Waals surface area (Å²) in [6.07, 6.45) is 2.87. The van der Waals surface area contributed by atoms with Gasteiger partial charge in [-0.1, -0.05) is 23.9 Å². The molecule has 0 aliphatic carbocycles. The molecule has 0 saturated carbocycles. The number of aromatic nitrogens is 2. The highest BCUT2D eigenvalue weighted by molar-refractivity contribution is 7.99. The van der Waals surface area contributed by atoms with Crippen molar-refractivity contribution in [2.75, 3.05) is 12.4 Å². The van der Waals surface area contributed by atoms with Crippen LogP contribution < -0.4 is 4.74 Å². The Kier molecular flexibility index (Phi) is 5.00. The fourth-order valence-corrected chi connectivity index (χ4v) is 3.28. The zero-order valence-electron chi connectivity index (χ0n) is 12.8. The Balaban J connectivity index is 1.66. The van der Waals surface area contributed by atoms with Crippen LogP contribution in [0.1, 0.15) is 26.7 Å². The van der Waals surface area contributed by atoms with E-state index in [1.165, 1.54) is 0 Å². The lowest BCUT2D eigenvalue weighted by molar-refractivity contribution is 0.0699. The molecule has 2 atom stereocenters. The van der Waals surface area contributed by atoms with Crippen LogP contribution in [0.4, 0.5) is 0 Å². The van der Waals surface area contributed by atoms with E-state index in [2.05, 4.69) is 17.1 Å². The van der Waals surface area contributed by atoms with Gasteiger partial charge in [0.2, 0.25) is 0 Å². The summed E-state index contributed by atoms with van der Waals surface area (Å²) in [4.78, 5) is 0. The van der Waals surface area contributed by atoms with Crippen molar-refractivity contribution in [2.45, 2.75) is 44.1 Å². The number of nitrogens with zero attached hydrogens (tertiary/aromatic N) is 2. The Morgan fingerprint density at radius 2 is 2.14 bits per heavy atom. The zero-order valence-corrected chi connectivity index (χ0v) is 13.6. The SMILES string of the molecule is CCOc1ccccc1-c1nnc(SC[C@@H]2CC[C@@H](C)O2)o1. The summed E-state index contributed by atoms with van der Waals surface area (Å²) in [6, 6.07) is 7.69. The number of para-hydroxylation sites is 1. The van der Waals surface area contributed by atoms with E-state index in [9.17, 15) is 0 Å². The molecule has 1 aliphatic rings. The van der Waals surface area contributed by atoms with Gasteiger partial charge in [-0.15, -0.1) is 10.2 Å². The van der Waals surface area contributed by atoms with Crippen molar-refractivity contribution in [1.82, 2.24) is 10.2 Å². The lowest BCUT2D eigenvalue weighted by atomic mass is 10.2. The lowest BCUT2D eigenvalue weighted by Gasteiger charge is -2.08. The van der Waals surface area contributed by atoms with Crippen LogP contribution in [0.5, 0.6) is 5.75 Å². The van der Waals surface area contributed by atoms with E-state index in [-0.39, 0.29) is 6.10 Å². The van der Waals surface area contributed by atoms with Gasteiger partial charge in [0, 0.05) is 5.75 Å². The molecule has 0 bridgehead atoms. The molecule has 1 fully saturated rings. The zero-order chi connectivity index (χ0) is 15.4. The third kappa shape index (κ3) is 3.62. The molecule has 0 radical (unpaired) electrons. The maximum absolute atomic E-state index is 5.79. The summed E-state index contributed by atoms with van der Waals surface area (Å²) in [5.41, 5.74) is 0.828. The predicted octanol–water partition coefficient (Wildman–Crippen LogP) is 3.79. The van der Waals surface area contributed by atoms with Gasteiger partial charge in [0.15, 0.2) is 0 Å². The number of benzene rings is 1. The molecule has 1 saturated heterocycles. The van der Waals surface area contributed by atoms with Crippen LogP contribution in [0.25, 0.3) is 11.5 Å². The van der Waals surface area contributed by atoms with Crippen molar-refractivity contribution in [3.05, 3.63) is 24.3 Å². The Morgan fingerprint density at radius 1 is 1.27 bits per heavy atom. The first-order chi connectivity index (χ1) is 10.8. The van der Waals surface area contributed by atoms with Crippen LogP contribution in [0.2, 0.25) is 0 Å². The molecule has 5 nitrogen and oxygen atoms in total. The standard InChI is InChI=1S/C16H20N2O3S/c1-3-19-14-7-5-4-6-13(14)15-17-18-16(21-15)22-10-12-9-8-11(2)20-12/h4-7,11-12H,3,8-10H2,1-2H3/t11-,12+/m1/s1. The van der Waals surface area contributed by atoms with Crippen LogP contribution in [0.15, 0.2) is 33.9 Å². The number of thioether (sulfide) groups is 1. The molecular formula is C16H20N2O3S. The van der Waals surface area contributed by atoms with E-state index >= 15 is 0 Å². The smallest absolute Gasteiger partial charge is 0.276 e. The first-order valence-electron chi connectivity index (χ1n) is 7.60. The second kappa shape index (κ2) is 7.15. The van der Waals surface area contributed by atoms with Gasteiger partial charge in [0.25, 0.3) is 11.1 Å². The average molecular weight is 320 g/mol. The van der Waals surface area contributed by atoms with E-state index < -0.39 is 0 Å². The minimum absolute atomic E-state index is 0.283. The maximum atomic E-state index is 5.79. The maximum Gasteiger partial charge on any atom is 0.276 e. The number of hydrogen-bond acceptors (Lipinski definition) is 6. The topological polar surface area (TPSA) is 57.4 Å². The van der Waals surface area contributed by atoms with E-state index in [0.29, 0.717) is 23.8 Å². The quantitative estimate of drug-likeness (QED) is 0.755. The molecule has 0 spiro atoms.